The lowest BCUT2D eigenvalue weighted by atomic mass is 10.1. The normalized spacial score (nSPS) is 18.9. The molecule has 3 aromatic heterocycles. The SMILES string of the molecule is O=C(NC1CCCC1=O)c1cc(-c2ccc3nc(NC(=O)C4CC4)cn3c2)cs1. The molecule has 2 fully saturated rings. The van der Waals surface area contributed by atoms with Crippen molar-refractivity contribution in [3.63, 3.8) is 0 Å². The number of nitrogens with zero attached hydrogens (tertiary/aromatic N) is 2. The average Bonchev–Trinajstić information content (AvgIpc) is 3.10. The molecule has 8 heteroatoms. The number of anilines is 1. The van der Waals surface area contributed by atoms with Gasteiger partial charge in [-0.05, 0) is 60.4 Å². The van der Waals surface area contributed by atoms with E-state index in [0.717, 1.165) is 42.5 Å². The number of hydrogen-bond acceptors (Lipinski definition) is 5. The minimum absolute atomic E-state index is 0.0304. The van der Waals surface area contributed by atoms with Crippen LogP contribution in [0.15, 0.2) is 36.0 Å². The summed E-state index contributed by atoms with van der Waals surface area (Å²) in [6.45, 7) is 0. The van der Waals surface area contributed by atoms with Crippen molar-refractivity contribution in [3.05, 3.63) is 40.8 Å². The van der Waals surface area contributed by atoms with Crippen molar-refractivity contribution in [3.8, 4) is 11.1 Å². The third kappa shape index (κ3) is 3.67. The fourth-order valence-corrected chi connectivity index (χ4v) is 4.42. The number of fused-ring (bicyclic) bond motifs is 1. The zero-order valence-electron chi connectivity index (χ0n) is 15.7. The summed E-state index contributed by atoms with van der Waals surface area (Å²) in [6.07, 6.45) is 7.74. The topological polar surface area (TPSA) is 92.6 Å². The van der Waals surface area contributed by atoms with Gasteiger partial charge < -0.3 is 15.0 Å². The van der Waals surface area contributed by atoms with E-state index in [0.29, 0.717) is 17.1 Å². The largest absolute Gasteiger partial charge is 0.342 e. The zero-order valence-corrected chi connectivity index (χ0v) is 16.5. The number of ketones is 1. The summed E-state index contributed by atoms with van der Waals surface area (Å²) in [5.74, 6) is 0.624. The van der Waals surface area contributed by atoms with Crippen molar-refractivity contribution in [2.24, 2.45) is 5.92 Å². The molecular weight excluding hydrogens is 388 g/mol. The van der Waals surface area contributed by atoms with Crippen molar-refractivity contribution in [1.82, 2.24) is 14.7 Å². The Balaban J connectivity index is 1.33. The standard InChI is InChI=1S/C21H20N4O3S/c26-16-3-1-2-15(16)22-21(28)17-8-14(11-29-17)13-6-7-19-23-18(10-25(19)9-13)24-20(27)12-4-5-12/h6-12,15H,1-5H2,(H,22,28)(H,24,27). The molecule has 0 aromatic carbocycles. The number of aromatic nitrogens is 2. The first-order valence-corrected chi connectivity index (χ1v) is 10.7. The minimum Gasteiger partial charge on any atom is -0.342 e. The molecule has 3 heterocycles. The Kier molecular flexibility index (Phi) is 4.43. The van der Waals surface area contributed by atoms with Crippen LogP contribution in [0.5, 0.6) is 0 Å². The Morgan fingerprint density at radius 1 is 1.14 bits per heavy atom. The first kappa shape index (κ1) is 18.1. The number of amides is 2. The van der Waals surface area contributed by atoms with Gasteiger partial charge in [-0.3, -0.25) is 14.4 Å². The van der Waals surface area contributed by atoms with E-state index in [2.05, 4.69) is 15.6 Å². The van der Waals surface area contributed by atoms with Crippen molar-refractivity contribution in [1.29, 1.82) is 0 Å². The molecule has 7 nitrogen and oxygen atoms in total. The van der Waals surface area contributed by atoms with Crippen molar-refractivity contribution in [2.45, 2.75) is 38.1 Å². The van der Waals surface area contributed by atoms with E-state index in [1.807, 2.05) is 34.2 Å². The lowest BCUT2D eigenvalue weighted by Crippen LogP contribution is -2.37. The monoisotopic (exact) mass is 408 g/mol. The lowest BCUT2D eigenvalue weighted by molar-refractivity contribution is -0.119. The van der Waals surface area contributed by atoms with Gasteiger partial charge in [0.25, 0.3) is 5.91 Å². The van der Waals surface area contributed by atoms with Gasteiger partial charge in [-0.2, -0.15) is 0 Å². The molecule has 2 aliphatic carbocycles. The molecule has 0 bridgehead atoms. The van der Waals surface area contributed by atoms with Gasteiger partial charge in [0.15, 0.2) is 11.6 Å². The number of Topliss-reactive ketones (excluding diaryl/α,β-unsaturated/α-hetero) is 1. The Morgan fingerprint density at radius 3 is 2.76 bits per heavy atom. The van der Waals surface area contributed by atoms with Crippen molar-refractivity contribution >= 4 is 40.4 Å². The second kappa shape index (κ2) is 7.11. The molecule has 3 aromatic rings. The average molecular weight is 408 g/mol. The summed E-state index contributed by atoms with van der Waals surface area (Å²) in [5, 5.41) is 7.63. The second-order valence-corrected chi connectivity index (χ2v) is 8.57. The van der Waals surface area contributed by atoms with Crippen LogP contribution in [-0.2, 0) is 9.59 Å². The van der Waals surface area contributed by atoms with Crippen LogP contribution >= 0.6 is 11.3 Å². The summed E-state index contributed by atoms with van der Waals surface area (Å²) in [6, 6.07) is 5.32. The molecule has 0 spiro atoms. The van der Waals surface area contributed by atoms with Crippen molar-refractivity contribution < 1.29 is 14.4 Å². The van der Waals surface area contributed by atoms with E-state index in [4.69, 9.17) is 0 Å². The highest BCUT2D eigenvalue weighted by Crippen LogP contribution is 2.30. The highest BCUT2D eigenvalue weighted by atomic mass is 32.1. The summed E-state index contributed by atoms with van der Waals surface area (Å²) < 4.78 is 1.87. The molecule has 2 N–H and O–H groups in total. The van der Waals surface area contributed by atoms with E-state index in [9.17, 15) is 14.4 Å². The maximum Gasteiger partial charge on any atom is 0.261 e. The van der Waals surface area contributed by atoms with Gasteiger partial charge in [0, 0.05) is 18.5 Å². The van der Waals surface area contributed by atoms with Crippen LogP contribution in [0.1, 0.15) is 41.8 Å². The van der Waals surface area contributed by atoms with Gasteiger partial charge in [-0.25, -0.2) is 4.98 Å². The first-order valence-electron chi connectivity index (χ1n) is 9.79. The van der Waals surface area contributed by atoms with Gasteiger partial charge in [0.2, 0.25) is 5.91 Å². The number of carbonyl (C=O) groups is 3. The fourth-order valence-electron chi connectivity index (χ4n) is 3.60. The summed E-state index contributed by atoms with van der Waals surface area (Å²) >= 11 is 1.36. The van der Waals surface area contributed by atoms with Gasteiger partial charge in [-0.15, -0.1) is 11.3 Å². The molecule has 0 aliphatic heterocycles. The summed E-state index contributed by atoms with van der Waals surface area (Å²) in [4.78, 5) is 41.2. The van der Waals surface area contributed by atoms with E-state index in [-0.39, 0.29) is 29.6 Å². The Morgan fingerprint density at radius 2 is 2.00 bits per heavy atom. The molecular formula is C21H20N4O3S. The van der Waals surface area contributed by atoms with Crippen LogP contribution in [0.2, 0.25) is 0 Å². The van der Waals surface area contributed by atoms with Crippen LogP contribution in [-0.4, -0.2) is 33.0 Å². The fraction of sp³-hybridized carbons (Fsp3) is 0.333. The maximum absolute atomic E-state index is 12.5. The predicted molar refractivity (Wildman–Crippen MR) is 110 cm³/mol. The van der Waals surface area contributed by atoms with Crippen LogP contribution < -0.4 is 10.6 Å². The van der Waals surface area contributed by atoms with Crippen molar-refractivity contribution in [2.75, 3.05) is 5.32 Å². The van der Waals surface area contributed by atoms with Crippen LogP contribution in [0.25, 0.3) is 16.8 Å². The zero-order chi connectivity index (χ0) is 20.0. The molecule has 2 saturated carbocycles. The predicted octanol–water partition coefficient (Wildman–Crippen LogP) is 3.26. The Hall–Kier alpha value is -3.00. The molecule has 29 heavy (non-hydrogen) atoms. The second-order valence-electron chi connectivity index (χ2n) is 7.66. The van der Waals surface area contributed by atoms with E-state index >= 15 is 0 Å². The summed E-state index contributed by atoms with van der Waals surface area (Å²) in [7, 11) is 0. The molecule has 0 radical (unpaired) electrons. The van der Waals surface area contributed by atoms with Gasteiger partial charge >= 0.3 is 0 Å². The van der Waals surface area contributed by atoms with E-state index < -0.39 is 0 Å². The number of rotatable bonds is 5. The number of imidazole rings is 1. The quantitative estimate of drug-likeness (QED) is 0.678. The number of thiophene rings is 1. The highest BCUT2D eigenvalue weighted by molar-refractivity contribution is 7.12. The molecule has 5 rings (SSSR count). The van der Waals surface area contributed by atoms with E-state index in [1.165, 1.54) is 11.3 Å². The third-order valence-corrected chi connectivity index (χ3v) is 6.35. The number of carbonyl (C=O) groups excluding carboxylic acids is 3. The molecule has 0 saturated heterocycles. The number of pyridine rings is 1. The third-order valence-electron chi connectivity index (χ3n) is 5.42. The van der Waals surface area contributed by atoms with Crippen LogP contribution in [0.4, 0.5) is 5.82 Å². The maximum atomic E-state index is 12.5. The van der Waals surface area contributed by atoms with Gasteiger partial charge in [0.05, 0.1) is 17.1 Å². The smallest absolute Gasteiger partial charge is 0.261 e. The Bertz CT molecular complexity index is 1130. The molecule has 1 unspecified atom stereocenters. The number of nitrogens with one attached hydrogen (secondary N) is 2. The summed E-state index contributed by atoms with van der Waals surface area (Å²) in [5.41, 5.74) is 2.62. The molecule has 2 amide bonds. The minimum atomic E-state index is -0.348. The molecule has 2 aliphatic rings. The van der Waals surface area contributed by atoms with Crippen LogP contribution in [0.3, 0.4) is 0 Å². The highest BCUT2D eigenvalue weighted by Gasteiger charge is 2.30. The Labute approximate surface area is 171 Å². The van der Waals surface area contributed by atoms with Crippen LogP contribution in [0, 0.1) is 5.92 Å². The molecule has 148 valence electrons. The van der Waals surface area contributed by atoms with Gasteiger partial charge in [-0.1, -0.05) is 0 Å². The first-order chi connectivity index (χ1) is 14.1. The number of hydrogen-bond donors (Lipinski definition) is 2. The van der Waals surface area contributed by atoms with Gasteiger partial charge in [0.1, 0.15) is 5.65 Å². The lowest BCUT2D eigenvalue weighted by Gasteiger charge is -2.09. The molecule has 1 atom stereocenters. The van der Waals surface area contributed by atoms with E-state index in [1.54, 1.807) is 6.20 Å².